The van der Waals surface area contributed by atoms with Crippen LogP contribution in [0.1, 0.15) is 5.56 Å². The van der Waals surface area contributed by atoms with E-state index >= 15 is 0 Å². The minimum atomic E-state index is -1.44. The van der Waals surface area contributed by atoms with Crippen molar-refractivity contribution >= 4 is 18.5 Å². The van der Waals surface area contributed by atoms with Gasteiger partial charge in [-0.25, -0.2) is 4.79 Å². The van der Waals surface area contributed by atoms with Gasteiger partial charge < -0.3 is 14.3 Å². The lowest BCUT2D eigenvalue weighted by atomic mass is 9.84. The first-order valence-corrected chi connectivity index (χ1v) is 4.96. The summed E-state index contributed by atoms with van der Waals surface area (Å²) in [5, 5.41) is 0. The highest BCUT2D eigenvalue weighted by atomic mass is 16.5. The molecule has 0 bridgehead atoms. The molecular weight excluding hydrogens is 220 g/mol. The molecule has 0 aliphatic carbocycles. The van der Waals surface area contributed by atoms with E-state index in [0.717, 1.165) is 6.08 Å². The Kier molecular flexibility index (Phi) is 4.34. The summed E-state index contributed by atoms with van der Waals surface area (Å²) in [6, 6.07) is 8.42. The van der Waals surface area contributed by atoms with E-state index in [-0.39, 0.29) is 6.61 Å². The fraction of sp³-hybridized carbons (Fsp3) is 0.154. The van der Waals surface area contributed by atoms with Crippen LogP contribution in [0.25, 0.3) is 0 Å². The molecule has 1 aromatic rings. The number of ether oxygens (including phenoxy) is 1. The molecule has 0 spiro atoms. The quantitative estimate of drug-likeness (QED) is 0.318. The van der Waals surface area contributed by atoms with Crippen molar-refractivity contribution in [2.24, 2.45) is 0 Å². The molecule has 0 saturated heterocycles. The number of aldehydes is 2. The van der Waals surface area contributed by atoms with Crippen molar-refractivity contribution in [3.63, 3.8) is 0 Å². The van der Waals surface area contributed by atoms with Gasteiger partial charge in [-0.15, -0.1) is 0 Å². The number of esters is 1. The average molecular weight is 232 g/mol. The predicted octanol–water partition coefficient (Wildman–Crippen LogP) is 1.05. The smallest absolute Gasteiger partial charge is 0.330 e. The predicted molar refractivity (Wildman–Crippen MR) is 61.4 cm³/mol. The first-order chi connectivity index (χ1) is 8.18. The zero-order valence-corrected chi connectivity index (χ0v) is 9.17. The summed E-state index contributed by atoms with van der Waals surface area (Å²) >= 11 is 0. The van der Waals surface area contributed by atoms with Gasteiger partial charge in [-0.3, -0.25) is 0 Å². The molecule has 1 rings (SSSR count). The van der Waals surface area contributed by atoms with Crippen LogP contribution >= 0.6 is 0 Å². The van der Waals surface area contributed by atoms with Gasteiger partial charge in [0.15, 0.2) is 0 Å². The SMILES string of the molecule is C=CC(=O)OCC(C=O)(C=O)c1ccccc1. The zero-order valence-electron chi connectivity index (χ0n) is 9.17. The fourth-order valence-electron chi connectivity index (χ4n) is 1.31. The summed E-state index contributed by atoms with van der Waals surface area (Å²) in [4.78, 5) is 33.2. The minimum absolute atomic E-state index is 0.325. The Bertz CT molecular complexity index is 414. The molecule has 17 heavy (non-hydrogen) atoms. The maximum absolute atomic E-state index is 11.1. The van der Waals surface area contributed by atoms with E-state index in [0.29, 0.717) is 18.1 Å². The van der Waals surface area contributed by atoms with Gasteiger partial charge in [-0.05, 0) is 5.56 Å². The van der Waals surface area contributed by atoms with Crippen LogP contribution in [0.3, 0.4) is 0 Å². The highest BCUT2D eigenvalue weighted by Crippen LogP contribution is 2.20. The maximum atomic E-state index is 11.1. The fourth-order valence-corrected chi connectivity index (χ4v) is 1.31. The molecule has 1 aromatic carbocycles. The van der Waals surface area contributed by atoms with E-state index in [1.807, 2.05) is 0 Å². The van der Waals surface area contributed by atoms with E-state index in [9.17, 15) is 14.4 Å². The molecule has 0 heterocycles. The van der Waals surface area contributed by atoms with Gasteiger partial charge in [0.25, 0.3) is 0 Å². The Morgan fingerprint density at radius 2 is 1.82 bits per heavy atom. The molecule has 0 saturated carbocycles. The third-order valence-electron chi connectivity index (χ3n) is 2.35. The van der Waals surface area contributed by atoms with E-state index < -0.39 is 11.4 Å². The van der Waals surface area contributed by atoms with Gasteiger partial charge in [0.05, 0.1) is 0 Å². The van der Waals surface area contributed by atoms with Crippen LogP contribution in [0.2, 0.25) is 0 Å². The molecule has 4 nitrogen and oxygen atoms in total. The first kappa shape index (κ1) is 12.8. The number of carbonyl (C=O) groups excluding carboxylic acids is 3. The van der Waals surface area contributed by atoms with Crippen molar-refractivity contribution in [3.8, 4) is 0 Å². The molecule has 0 aromatic heterocycles. The lowest BCUT2D eigenvalue weighted by Gasteiger charge is -2.21. The highest BCUT2D eigenvalue weighted by molar-refractivity contribution is 5.92. The Labute approximate surface area is 98.9 Å². The summed E-state index contributed by atoms with van der Waals surface area (Å²) in [5.41, 5.74) is -0.957. The molecule has 0 aliphatic heterocycles. The number of hydrogen-bond acceptors (Lipinski definition) is 4. The normalized spacial score (nSPS) is 10.4. The largest absolute Gasteiger partial charge is 0.461 e. The molecule has 0 N–H and O–H groups in total. The van der Waals surface area contributed by atoms with Crippen molar-refractivity contribution in [2.75, 3.05) is 6.61 Å². The molecule has 88 valence electrons. The molecule has 4 heteroatoms. The van der Waals surface area contributed by atoms with Gasteiger partial charge in [-0.1, -0.05) is 36.9 Å². The van der Waals surface area contributed by atoms with Crippen molar-refractivity contribution in [1.29, 1.82) is 0 Å². The summed E-state index contributed by atoms with van der Waals surface area (Å²) in [7, 11) is 0. The van der Waals surface area contributed by atoms with Gasteiger partial charge >= 0.3 is 5.97 Å². The lowest BCUT2D eigenvalue weighted by molar-refractivity contribution is -0.141. The first-order valence-electron chi connectivity index (χ1n) is 4.96. The van der Waals surface area contributed by atoms with Gasteiger partial charge in [0, 0.05) is 6.08 Å². The minimum Gasteiger partial charge on any atom is -0.461 e. The monoisotopic (exact) mass is 232 g/mol. The Morgan fingerprint density at radius 3 is 2.29 bits per heavy atom. The molecule has 0 atom stereocenters. The zero-order chi connectivity index (χ0) is 12.7. The lowest BCUT2D eigenvalue weighted by Crippen LogP contribution is -2.36. The second-order valence-corrected chi connectivity index (χ2v) is 3.45. The van der Waals surface area contributed by atoms with Gasteiger partial charge in [-0.2, -0.15) is 0 Å². The Hall–Kier alpha value is -2.23. The highest BCUT2D eigenvalue weighted by Gasteiger charge is 2.33. The summed E-state index contributed by atoms with van der Waals surface area (Å²) in [6.45, 7) is 2.91. The van der Waals surface area contributed by atoms with Crippen LogP contribution < -0.4 is 0 Å². The van der Waals surface area contributed by atoms with Crippen LogP contribution in [-0.2, 0) is 24.5 Å². The summed E-state index contributed by atoms with van der Waals surface area (Å²) < 4.78 is 4.77. The second kappa shape index (κ2) is 5.75. The molecule has 0 aliphatic rings. The number of hydrogen-bond donors (Lipinski definition) is 0. The number of carbonyl (C=O) groups is 3. The summed E-state index contributed by atoms with van der Waals surface area (Å²) in [5.74, 6) is -0.672. The van der Waals surface area contributed by atoms with Gasteiger partial charge in [0.1, 0.15) is 24.6 Å². The maximum Gasteiger partial charge on any atom is 0.330 e. The third-order valence-corrected chi connectivity index (χ3v) is 2.35. The van der Waals surface area contributed by atoms with E-state index in [1.54, 1.807) is 30.3 Å². The van der Waals surface area contributed by atoms with Crippen molar-refractivity contribution in [1.82, 2.24) is 0 Å². The molecule has 0 amide bonds. The van der Waals surface area contributed by atoms with E-state index in [4.69, 9.17) is 4.74 Å². The van der Waals surface area contributed by atoms with Gasteiger partial charge in [0.2, 0.25) is 0 Å². The summed E-state index contributed by atoms with van der Waals surface area (Å²) in [6.07, 6.45) is 1.93. The Morgan fingerprint density at radius 1 is 1.24 bits per heavy atom. The van der Waals surface area contributed by atoms with Crippen LogP contribution in [-0.4, -0.2) is 25.1 Å². The van der Waals surface area contributed by atoms with Crippen molar-refractivity contribution < 1.29 is 19.1 Å². The molecule has 0 radical (unpaired) electrons. The van der Waals surface area contributed by atoms with E-state index in [2.05, 4.69) is 6.58 Å². The van der Waals surface area contributed by atoms with E-state index in [1.165, 1.54) is 0 Å². The second-order valence-electron chi connectivity index (χ2n) is 3.45. The van der Waals surface area contributed by atoms with Crippen molar-refractivity contribution in [3.05, 3.63) is 48.6 Å². The van der Waals surface area contributed by atoms with Crippen LogP contribution in [0.15, 0.2) is 43.0 Å². The standard InChI is InChI=1S/C13H12O4/c1-2-12(16)17-10-13(8-14,9-15)11-6-4-3-5-7-11/h2-9H,1,10H2. The van der Waals surface area contributed by atoms with Crippen LogP contribution in [0.5, 0.6) is 0 Å². The number of benzene rings is 1. The van der Waals surface area contributed by atoms with Crippen LogP contribution in [0.4, 0.5) is 0 Å². The third kappa shape index (κ3) is 2.87. The Balaban J connectivity index is 2.97. The molecule has 0 unspecified atom stereocenters. The van der Waals surface area contributed by atoms with Crippen LogP contribution in [0, 0.1) is 0 Å². The van der Waals surface area contributed by atoms with Crippen molar-refractivity contribution in [2.45, 2.75) is 5.41 Å². The average Bonchev–Trinajstić information content (AvgIpc) is 2.41. The number of rotatable bonds is 6. The molecular formula is C13H12O4. The molecule has 0 fully saturated rings. The topological polar surface area (TPSA) is 60.4 Å².